The van der Waals surface area contributed by atoms with Gasteiger partial charge in [0.15, 0.2) is 0 Å². The number of aryl methyl sites for hydroxylation is 2. The summed E-state index contributed by atoms with van der Waals surface area (Å²) in [6.45, 7) is 3.74. The zero-order valence-electron chi connectivity index (χ0n) is 13.9. The van der Waals surface area contributed by atoms with Gasteiger partial charge in [0.25, 0.3) is 0 Å². The van der Waals surface area contributed by atoms with Crippen molar-refractivity contribution in [2.24, 2.45) is 13.0 Å². The Hall–Kier alpha value is -1.99. The van der Waals surface area contributed by atoms with Gasteiger partial charge in [-0.15, -0.1) is 11.3 Å². The normalized spacial score (nSPS) is 17.5. The largest absolute Gasteiger partial charge is 0.385 e. The number of piperidine rings is 1. The van der Waals surface area contributed by atoms with Crippen molar-refractivity contribution in [2.75, 3.05) is 18.0 Å². The summed E-state index contributed by atoms with van der Waals surface area (Å²) in [6, 6.07) is 2.05. The predicted octanol–water partition coefficient (Wildman–Crippen LogP) is 2.68. The number of hydrogen-bond acceptors (Lipinski definition) is 6. The smallest absolute Gasteiger partial charge is 0.150 e. The highest BCUT2D eigenvalue weighted by atomic mass is 32.1. The number of aliphatic hydroxyl groups excluding tert-OH is 1. The number of aliphatic hydroxyl groups is 1. The van der Waals surface area contributed by atoms with Crippen molar-refractivity contribution in [3.63, 3.8) is 0 Å². The number of anilines is 1. The molecule has 1 fully saturated rings. The molecule has 0 unspecified atom stereocenters. The molecular formula is C17H21N5OS. The molecule has 0 spiro atoms. The van der Waals surface area contributed by atoms with E-state index in [0.29, 0.717) is 0 Å². The highest BCUT2D eigenvalue weighted by Gasteiger charge is 2.29. The average Bonchev–Trinajstić information content (AvgIpc) is 3.22. The fourth-order valence-electron chi connectivity index (χ4n) is 3.48. The second-order valence-electron chi connectivity index (χ2n) is 6.40. The summed E-state index contributed by atoms with van der Waals surface area (Å²) < 4.78 is 3.06. The topological polar surface area (TPSA) is 67.1 Å². The Morgan fingerprint density at radius 2 is 2.08 bits per heavy atom. The molecule has 1 aliphatic rings. The van der Waals surface area contributed by atoms with Gasteiger partial charge in [0.05, 0.1) is 10.2 Å². The van der Waals surface area contributed by atoms with Crippen molar-refractivity contribution in [3.05, 3.63) is 35.5 Å². The van der Waals surface area contributed by atoms with E-state index < -0.39 is 6.10 Å². The van der Waals surface area contributed by atoms with Gasteiger partial charge in [-0.3, -0.25) is 0 Å². The third-order valence-electron chi connectivity index (χ3n) is 4.81. The van der Waals surface area contributed by atoms with Gasteiger partial charge < -0.3 is 14.6 Å². The van der Waals surface area contributed by atoms with E-state index in [1.165, 1.54) is 0 Å². The van der Waals surface area contributed by atoms with Crippen molar-refractivity contribution >= 4 is 27.4 Å². The standard InChI is InChI=1S/C17H21N5OS/c1-11-19-13-5-10-24-15(13)17(20-11)22-7-3-12(4-8-22)14(23)16-18-6-9-21(16)2/h5-6,9-10,12,14,23H,3-4,7-8H2,1-2H3/t14-/m0/s1. The summed E-state index contributed by atoms with van der Waals surface area (Å²) in [5.41, 5.74) is 1.03. The molecule has 0 saturated carbocycles. The summed E-state index contributed by atoms with van der Waals surface area (Å²) in [7, 11) is 1.93. The summed E-state index contributed by atoms with van der Waals surface area (Å²) in [4.78, 5) is 15.8. The molecule has 24 heavy (non-hydrogen) atoms. The van der Waals surface area contributed by atoms with Crippen molar-refractivity contribution in [2.45, 2.75) is 25.9 Å². The maximum absolute atomic E-state index is 10.6. The number of imidazole rings is 1. The lowest BCUT2D eigenvalue weighted by Gasteiger charge is -2.34. The molecule has 4 heterocycles. The van der Waals surface area contributed by atoms with Crippen molar-refractivity contribution in [3.8, 4) is 0 Å². The minimum atomic E-state index is -0.499. The molecule has 0 aromatic carbocycles. The molecule has 6 nitrogen and oxygen atoms in total. The van der Waals surface area contributed by atoms with Gasteiger partial charge in [0.1, 0.15) is 23.6 Å². The Labute approximate surface area is 144 Å². The van der Waals surface area contributed by atoms with E-state index >= 15 is 0 Å². The van der Waals surface area contributed by atoms with E-state index in [2.05, 4.69) is 31.3 Å². The lowest BCUT2D eigenvalue weighted by Crippen LogP contribution is -2.36. The molecule has 0 bridgehead atoms. The molecule has 1 atom stereocenters. The maximum atomic E-state index is 10.6. The molecule has 0 amide bonds. The second kappa shape index (κ2) is 6.14. The summed E-state index contributed by atoms with van der Waals surface area (Å²) >= 11 is 1.69. The van der Waals surface area contributed by atoms with Crippen LogP contribution in [0.1, 0.15) is 30.6 Å². The zero-order chi connectivity index (χ0) is 16.7. The van der Waals surface area contributed by atoms with E-state index in [1.54, 1.807) is 17.5 Å². The lowest BCUT2D eigenvalue weighted by atomic mass is 9.90. The van der Waals surface area contributed by atoms with Gasteiger partial charge >= 0.3 is 0 Å². The first-order valence-corrected chi connectivity index (χ1v) is 9.13. The average molecular weight is 343 g/mol. The van der Waals surface area contributed by atoms with Crippen LogP contribution >= 0.6 is 11.3 Å². The van der Waals surface area contributed by atoms with Crippen molar-refractivity contribution in [1.82, 2.24) is 19.5 Å². The first kappa shape index (κ1) is 15.5. The Bertz CT molecular complexity index is 850. The molecule has 4 rings (SSSR count). The molecule has 1 saturated heterocycles. The molecule has 3 aromatic rings. The van der Waals surface area contributed by atoms with E-state index in [9.17, 15) is 5.11 Å². The Kier molecular flexibility index (Phi) is 3.97. The van der Waals surface area contributed by atoms with Crippen LogP contribution in [0.25, 0.3) is 10.2 Å². The molecule has 1 aliphatic heterocycles. The van der Waals surface area contributed by atoms with Crippen molar-refractivity contribution < 1.29 is 5.11 Å². The first-order chi connectivity index (χ1) is 11.6. The van der Waals surface area contributed by atoms with Crippen LogP contribution in [0.3, 0.4) is 0 Å². The van der Waals surface area contributed by atoms with Gasteiger partial charge in [-0.25, -0.2) is 15.0 Å². The van der Waals surface area contributed by atoms with E-state index in [0.717, 1.165) is 53.6 Å². The number of aromatic nitrogens is 4. The lowest BCUT2D eigenvalue weighted by molar-refractivity contribution is 0.0824. The summed E-state index contributed by atoms with van der Waals surface area (Å²) in [6.07, 6.45) is 4.99. The van der Waals surface area contributed by atoms with Crippen LogP contribution in [-0.2, 0) is 7.05 Å². The second-order valence-corrected chi connectivity index (χ2v) is 7.31. The maximum Gasteiger partial charge on any atom is 0.150 e. The zero-order valence-corrected chi connectivity index (χ0v) is 14.7. The number of thiophene rings is 1. The molecule has 7 heteroatoms. The third-order valence-corrected chi connectivity index (χ3v) is 5.71. The van der Waals surface area contributed by atoms with Crippen LogP contribution in [0.15, 0.2) is 23.8 Å². The fourth-order valence-corrected chi connectivity index (χ4v) is 4.32. The van der Waals surface area contributed by atoms with Crippen LogP contribution in [0.5, 0.6) is 0 Å². The number of hydrogen-bond donors (Lipinski definition) is 1. The van der Waals surface area contributed by atoms with Gasteiger partial charge in [-0.2, -0.15) is 0 Å². The Morgan fingerprint density at radius 3 is 2.79 bits per heavy atom. The van der Waals surface area contributed by atoms with E-state index in [4.69, 9.17) is 0 Å². The highest BCUT2D eigenvalue weighted by Crippen LogP contribution is 2.34. The van der Waals surface area contributed by atoms with Crippen LogP contribution in [0.4, 0.5) is 5.82 Å². The van der Waals surface area contributed by atoms with Gasteiger partial charge in [-0.05, 0) is 37.1 Å². The van der Waals surface area contributed by atoms with Crippen LogP contribution in [-0.4, -0.2) is 37.7 Å². The molecule has 0 aliphatic carbocycles. The fraction of sp³-hybridized carbons (Fsp3) is 0.471. The molecule has 1 N–H and O–H groups in total. The SMILES string of the molecule is Cc1nc(N2CCC([C@H](O)c3nccn3C)CC2)c2sccc2n1. The van der Waals surface area contributed by atoms with Crippen LogP contribution in [0, 0.1) is 12.8 Å². The molecule has 0 radical (unpaired) electrons. The molecule has 3 aromatic heterocycles. The van der Waals surface area contributed by atoms with Gasteiger partial charge in [0, 0.05) is 32.5 Å². The Morgan fingerprint density at radius 1 is 1.29 bits per heavy atom. The number of rotatable bonds is 3. The van der Waals surface area contributed by atoms with Crippen molar-refractivity contribution in [1.29, 1.82) is 0 Å². The Balaban J connectivity index is 1.51. The van der Waals surface area contributed by atoms with E-state index in [1.807, 2.05) is 24.7 Å². The highest BCUT2D eigenvalue weighted by molar-refractivity contribution is 7.17. The minimum Gasteiger partial charge on any atom is -0.385 e. The first-order valence-electron chi connectivity index (χ1n) is 8.25. The summed E-state index contributed by atoms with van der Waals surface area (Å²) in [5, 5.41) is 12.7. The number of fused-ring (bicyclic) bond motifs is 1. The molecule has 126 valence electrons. The van der Waals surface area contributed by atoms with Crippen LogP contribution < -0.4 is 4.90 Å². The monoisotopic (exact) mass is 343 g/mol. The van der Waals surface area contributed by atoms with Gasteiger partial charge in [0.2, 0.25) is 0 Å². The number of nitrogens with zero attached hydrogens (tertiary/aromatic N) is 5. The predicted molar refractivity (Wildman–Crippen MR) is 95.3 cm³/mol. The summed E-state index contributed by atoms with van der Waals surface area (Å²) in [5.74, 6) is 2.85. The third kappa shape index (κ3) is 2.67. The van der Waals surface area contributed by atoms with E-state index in [-0.39, 0.29) is 5.92 Å². The van der Waals surface area contributed by atoms with Crippen LogP contribution in [0.2, 0.25) is 0 Å². The quantitative estimate of drug-likeness (QED) is 0.792. The van der Waals surface area contributed by atoms with Gasteiger partial charge in [-0.1, -0.05) is 0 Å². The molecular weight excluding hydrogens is 322 g/mol. The minimum absolute atomic E-state index is 0.240.